The number of hydrogen-bond donors (Lipinski definition) is 2. The van der Waals surface area contributed by atoms with Gasteiger partial charge in [-0.1, -0.05) is 30.7 Å². The molecular weight excluding hydrogens is 392 g/mol. The second-order valence-electron chi connectivity index (χ2n) is 8.97. The van der Waals surface area contributed by atoms with E-state index in [0.717, 1.165) is 47.4 Å². The highest BCUT2D eigenvalue weighted by Gasteiger charge is 2.29. The quantitative estimate of drug-likeness (QED) is 0.689. The first kappa shape index (κ1) is 21.3. The molecule has 1 atom stereocenters. The van der Waals surface area contributed by atoms with Crippen LogP contribution in [0.2, 0.25) is 0 Å². The third-order valence-corrected chi connectivity index (χ3v) is 7.99. The Morgan fingerprint density at radius 2 is 1.80 bits per heavy atom. The van der Waals surface area contributed by atoms with Crippen LogP contribution in [0.3, 0.4) is 0 Å². The average molecular weight is 426 g/mol. The van der Waals surface area contributed by atoms with Crippen LogP contribution in [0.15, 0.2) is 24.3 Å². The summed E-state index contributed by atoms with van der Waals surface area (Å²) in [6, 6.07) is 8.33. The van der Waals surface area contributed by atoms with Crippen molar-refractivity contribution in [2.75, 3.05) is 18.9 Å². The summed E-state index contributed by atoms with van der Waals surface area (Å²) in [5.74, 6) is 0.0753. The number of ketones is 1. The lowest BCUT2D eigenvalue weighted by molar-refractivity contribution is -0.899. The molecule has 0 saturated heterocycles. The summed E-state index contributed by atoms with van der Waals surface area (Å²) in [6.45, 7) is 2.44. The highest BCUT2D eigenvalue weighted by atomic mass is 32.1. The number of aryl methyl sites for hydroxylation is 2. The third kappa shape index (κ3) is 4.52. The van der Waals surface area contributed by atoms with Crippen molar-refractivity contribution in [1.29, 1.82) is 0 Å². The molecule has 2 aliphatic carbocycles. The van der Waals surface area contributed by atoms with Gasteiger partial charge in [0.2, 0.25) is 0 Å². The van der Waals surface area contributed by atoms with Gasteiger partial charge in [0.15, 0.2) is 12.3 Å². The SMILES string of the molecule is Cc1ccccc1C(=O)c1c(NC(=O)C[NH+](C)C2CCCCC2)sc2c1CCCC2. The molecule has 4 nitrogen and oxygen atoms in total. The molecule has 1 unspecified atom stereocenters. The molecule has 30 heavy (non-hydrogen) atoms. The largest absolute Gasteiger partial charge is 0.327 e. The number of benzene rings is 1. The number of fused-ring (bicyclic) bond motifs is 1. The maximum atomic E-state index is 13.5. The number of hydrogen-bond acceptors (Lipinski definition) is 3. The Morgan fingerprint density at radius 3 is 2.57 bits per heavy atom. The summed E-state index contributed by atoms with van der Waals surface area (Å²) in [4.78, 5) is 29.0. The maximum Gasteiger partial charge on any atom is 0.280 e. The molecule has 1 amide bonds. The predicted octanol–water partition coefficient (Wildman–Crippen LogP) is 3.95. The second kappa shape index (κ2) is 9.44. The molecule has 1 fully saturated rings. The van der Waals surface area contributed by atoms with Crippen LogP contribution in [0.5, 0.6) is 0 Å². The molecule has 160 valence electrons. The molecule has 1 aromatic heterocycles. The van der Waals surface area contributed by atoms with E-state index >= 15 is 0 Å². The average Bonchev–Trinajstić information content (AvgIpc) is 3.11. The molecule has 2 aromatic rings. The van der Waals surface area contributed by atoms with Crippen molar-refractivity contribution in [1.82, 2.24) is 0 Å². The van der Waals surface area contributed by atoms with E-state index in [0.29, 0.717) is 12.6 Å². The van der Waals surface area contributed by atoms with Crippen molar-refractivity contribution in [3.63, 3.8) is 0 Å². The van der Waals surface area contributed by atoms with Crippen LogP contribution in [0.4, 0.5) is 5.00 Å². The summed E-state index contributed by atoms with van der Waals surface area (Å²) in [6.07, 6.45) is 10.5. The van der Waals surface area contributed by atoms with Gasteiger partial charge in [-0.3, -0.25) is 9.59 Å². The lowest BCUT2D eigenvalue weighted by Gasteiger charge is -2.27. The van der Waals surface area contributed by atoms with Gasteiger partial charge in [0.1, 0.15) is 5.00 Å². The minimum Gasteiger partial charge on any atom is -0.327 e. The van der Waals surface area contributed by atoms with Crippen LogP contribution in [0, 0.1) is 6.92 Å². The van der Waals surface area contributed by atoms with Crippen molar-refractivity contribution < 1.29 is 14.5 Å². The number of quaternary nitrogens is 1. The van der Waals surface area contributed by atoms with Gasteiger partial charge in [0.05, 0.1) is 18.7 Å². The molecule has 0 radical (unpaired) electrons. The van der Waals surface area contributed by atoms with Gasteiger partial charge < -0.3 is 10.2 Å². The summed E-state index contributed by atoms with van der Waals surface area (Å²) in [7, 11) is 2.13. The van der Waals surface area contributed by atoms with Crippen molar-refractivity contribution >= 4 is 28.0 Å². The number of carbonyl (C=O) groups is 2. The summed E-state index contributed by atoms with van der Waals surface area (Å²) in [5.41, 5.74) is 3.64. The zero-order valence-electron chi connectivity index (χ0n) is 18.2. The van der Waals surface area contributed by atoms with Gasteiger partial charge in [0, 0.05) is 10.4 Å². The third-order valence-electron chi connectivity index (χ3n) is 6.78. The Labute approximate surface area is 183 Å². The van der Waals surface area contributed by atoms with Gasteiger partial charge in [-0.05, 0) is 69.4 Å². The van der Waals surface area contributed by atoms with E-state index in [4.69, 9.17) is 0 Å². The van der Waals surface area contributed by atoms with E-state index in [1.807, 2.05) is 31.2 Å². The lowest BCUT2D eigenvalue weighted by atomic mass is 9.91. The zero-order chi connectivity index (χ0) is 21.1. The molecule has 2 N–H and O–H groups in total. The number of likely N-dealkylation sites (N-methyl/N-ethyl adjacent to an activating group) is 1. The summed E-state index contributed by atoms with van der Waals surface area (Å²) in [5, 5.41) is 3.91. The standard InChI is InChI=1S/C25H32N2O2S/c1-17-10-6-7-13-19(17)24(29)23-20-14-8-9-15-21(20)30-25(23)26-22(28)16-27(2)18-11-4-3-5-12-18/h6-7,10,13,18H,3-5,8-9,11-12,14-16H2,1-2H3,(H,26,28)/p+1. The van der Waals surface area contributed by atoms with E-state index in [1.165, 1.54) is 47.4 Å². The number of anilines is 1. The van der Waals surface area contributed by atoms with Crippen molar-refractivity contribution in [3.05, 3.63) is 51.4 Å². The Balaban J connectivity index is 1.57. The summed E-state index contributed by atoms with van der Waals surface area (Å²) < 4.78 is 0. The Hall–Kier alpha value is -1.98. The monoisotopic (exact) mass is 425 g/mol. The smallest absolute Gasteiger partial charge is 0.280 e. The van der Waals surface area contributed by atoms with E-state index in [1.54, 1.807) is 11.3 Å². The predicted molar refractivity (Wildman–Crippen MR) is 123 cm³/mol. The Morgan fingerprint density at radius 1 is 1.07 bits per heavy atom. The van der Waals surface area contributed by atoms with Crippen LogP contribution in [0.1, 0.15) is 76.9 Å². The molecular formula is C25H33N2O2S+. The molecule has 5 heteroatoms. The van der Waals surface area contributed by atoms with Gasteiger partial charge in [0.25, 0.3) is 5.91 Å². The molecule has 2 aliphatic rings. The number of rotatable bonds is 6. The fourth-order valence-corrected chi connectivity index (χ4v) is 6.32. The number of carbonyl (C=O) groups excluding carboxylic acids is 2. The summed E-state index contributed by atoms with van der Waals surface area (Å²) >= 11 is 1.62. The van der Waals surface area contributed by atoms with Crippen molar-refractivity contribution in [2.45, 2.75) is 70.8 Å². The van der Waals surface area contributed by atoms with Gasteiger partial charge in [-0.2, -0.15) is 0 Å². The Bertz CT molecular complexity index is 927. The second-order valence-corrected chi connectivity index (χ2v) is 10.1. The van der Waals surface area contributed by atoms with Crippen molar-refractivity contribution in [2.24, 2.45) is 0 Å². The molecule has 0 spiro atoms. The fourth-order valence-electron chi connectivity index (χ4n) is 5.02. The number of amides is 1. The first-order chi connectivity index (χ1) is 14.5. The Kier molecular flexibility index (Phi) is 6.69. The molecule has 1 aromatic carbocycles. The highest BCUT2D eigenvalue weighted by Crippen LogP contribution is 2.39. The molecule has 1 heterocycles. The van der Waals surface area contributed by atoms with Gasteiger partial charge in [-0.15, -0.1) is 11.3 Å². The van der Waals surface area contributed by atoms with Gasteiger partial charge in [-0.25, -0.2) is 0 Å². The van der Waals surface area contributed by atoms with E-state index in [9.17, 15) is 9.59 Å². The minimum absolute atomic E-state index is 0.0236. The van der Waals surface area contributed by atoms with Crippen LogP contribution >= 0.6 is 11.3 Å². The zero-order valence-corrected chi connectivity index (χ0v) is 19.0. The van der Waals surface area contributed by atoms with Crippen LogP contribution in [-0.2, 0) is 17.6 Å². The first-order valence-corrected chi connectivity index (χ1v) is 12.2. The number of nitrogens with one attached hydrogen (secondary N) is 2. The lowest BCUT2D eigenvalue weighted by Crippen LogP contribution is -3.14. The van der Waals surface area contributed by atoms with Crippen molar-refractivity contribution in [3.8, 4) is 0 Å². The van der Waals surface area contributed by atoms with Gasteiger partial charge >= 0.3 is 0 Å². The maximum absolute atomic E-state index is 13.5. The van der Waals surface area contributed by atoms with E-state index < -0.39 is 0 Å². The first-order valence-electron chi connectivity index (χ1n) is 11.4. The molecule has 0 bridgehead atoms. The number of thiophene rings is 1. The topological polar surface area (TPSA) is 50.6 Å². The van der Waals surface area contributed by atoms with E-state index in [-0.39, 0.29) is 11.7 Å². The van der Waals surface area contributed by atoms with E-state index in [2.05, 4.69) is 12.4 Å². The van der Waals surface area contributed by atoms with Crippen LogP contribution in [0.25, 0.3) is 0 Å². The molecule has 1 saturated carbocycles. The highest BCUT2D eigenvalue weighted by molar-refractivity contribution is 7.17. The van der Waals surface area contributed by atoms with Crippen LogP contribution < -0.4 is 10.2 Å². The molecule has 4 rings (SSSR count). The van der Waals surface area contributed by atoms with Crippen LogP contribution in [-0.4, -0.2) is 31.3 Å². The minimum atomic E-state index is 0.0236. The molecule has 0 aliphatic heterocycles. The fraction of sp³-hybridized carbons (Fsp3) is 0.520. The normalized spacial score (nSPS) is 17.9.